The predicted octanol–water partition coefficient (Wildman–Crippen LogP) is 1.89. The average Bonchev–Trinajstić information content (AvgIpc) is 2.43. The summed E-state index contributed by atoms with van der Waals surface area (Å²) in [6, 6.07) is 7.31. The summed E-state index contributed by atoms with van der Waals surface area (Å²) in [7, 11) is 0. The van der Waals surface area contributed by atoms with Gasteiger partial charge in [-0.25, -0.2) is 0 Å². The van der Waals surface area contributed by atoms with Crippen LogP contribution in [0, 0.1) is 5.92 Å². The van der Waals surface area contributed by atoms with Crippen LogP contribution in [0.3, 0.4) is 0 Å². The molecule has 0 aromatic heterocycles. The molecule has 1 aromatic carbocycles. The SMILES string of the molecule is CCNCC(C)C(=O)Nc1ccccc1CCC(=O)O. The van der Waals surface area contributed by atoms with Gasteiger partial charge in [-0.3, -0.25) is 9.59 Å². The van der Waals surface area contributed by atoms with E-state index in [0.717, 1.165) is 12.1 Å². The highest BCUT2D eigenvalue weighted by molar-refractivity contribution is 5.93. The van der Waals surface area contributed by atoms with Crippen molar-refractivity contribution >= 4 is 17.6 Å². The van der Waals surface area contributed by atoms with Gasteiger partial charge >= 0.3 is 5.97 Å². The largest absolute Gasteiger partial charge is 0.481 e. The Morgan fingerprint density at radius 3 is 2.65 bits per heavy atom. The number of para-hydroxylation sites is 1. The minimum absolute atomic E-state index is 0.0554. The maximum absolute atomic E-state index is 12.0. The quantitative estimate of drug-likeness (QED) is 0.678. The maximum Gasteiger partial charge on any atom is 0.303 e. The van der Waals surface area contributed by atoms with Crippen LogP contribution in [0.1, 0.15) is 25.8 Å². The molecule has 20 heavy (non-hydrogen) atoms. The van der Waals surface area contributed by atoms with E-state index in [4.69, 9.17) is 5.11 Å². The van der Waals surface area contributed by atoms with Crippen LogP contribution in [-0.4, -0.2) is 30.1 Å². The highest BCUT2D eigenvalue weighted by Gasteiger charge is 2.14. The Labute approximate surface area is 119 Å². The lowest BCUT2D eigenvalue weighted by molar-refractivity contribution is -0.137. The van der Waals surface area contributed by atoms with Crippen LogP contribution in [0.25, 0.3) is 0 Å². The minimum atomic E-state index is -0.841. The maximum atomic E-state index is 12.0. The number of hydrogen-bond acceptors (Lipinski definition) is 3. The van der Waals surface area contributed by atoms with Crippen molar-refractivity contribution < 1.29 is 14.7 Å². The van der Waals surface area contributed by atoms with Gasteiger partial charge in [-0.15, -0.1) is 0 Å². The molecule has 1 amide bonds. The van der Waals surface area contributed by atoms with Crippen molar-refractivity contribution in [3.05, 3.63) is 29.8 Å². The van der Waals surface area contributed by atoms with Crippen LogP contribution in [0.4, 0.5) is 5.69 Å². The molecule has 0 fully saturated rings. The number of benzene rings is 1. The molecule has 0 aliphatic rings. The van der Waals surface area contributed by atoms with E-state index in [1.165, 1.54) is 0 Å². The first-order chi connectivity index (χ1) is 9.54. The molecule has 1 atom stereocenters. The normalized spacial score (nSPS) is 11.9. The third-order valence-electron chi connectivity index (χ3n) is 3.03. The van der Waals surface area contributed by atoms with E-state index in [1.54, 1.807) is 6.07 Å². The zero-order valence-electron chi connectivity index (χ0n) is 12.0. The standard InChI is InChI=1S/C15H22N2O3/c1-3-16-10-11(2)15(20)17-13-7-5-4-6-12(13)8-9-14(18)19/h4-7,11,16H,3,8-10H2,1-2H3,(H,17,20)(H,18,19). The summed E-state index contributed by atoms with van der Waals surface area (Å²) in [5.41, 5.74) is 1.54. The highest BCUT2D eigenvalue weighted by atomic mass is 16.4. The van der Waals surface area contributed by atoms with E-state index in [9.17, 15) is 9.59 Å². The highest BCUT2D eigenvalue weighted by Crippen LogP contribution is 2.17. The number of anilines is 1. The van der Waals surface area contributed by atoms with E-state index in [0.29, 0.717) is 18.7 Å². The second-order valence-electron chi connectivity index (χ2n) is 4.75. The van der Waals surface area contributed by atoms with Crippen molar-refractivity contribution in [3.8, 4) is 0 Å². The molecule has 1 unspecified atom stereocenters. The molecule has 0 aliphatic heterocycles. The Kier molecular flexibility index (Phi) is 6.73. The molecule has 110 valence electrons. The van der Waals surface area contributed by atoms with Gasteiger partial charge in [0.15, 0.2) is 0 Å². The third-order valence-corrected chi connectivity index (χ3v) is 3.03. The fourth-order valence-corrected chi connectivity index (χ4v) is 1.81. The fourth-order valence-electron chi connectivity index (χ4n) is 1.81. The van der Waals surface area contributed by atoms with Crippen molar-refractivity contribution in [1.29, 1.82) is 0 Å². The second kappa shape index (κ2) is 8.32. The first-order valence-corrected chi connectivity index (χ1v) is 6.85. The Hall–Kier alpha value is -1.88. The number of aliphatic carboxylic acids is 1. The summed E-state index contributed by atoms with van der Waals surface area (Å²) in [5.74, 6) is -1.04. The summed E-state index contributed by atoms with van der Waals surface area (Å²) in [6.45, 7) is 5.30. The summed E-state index contributed by atoms with van der Waals surface area (Å²) in [6.07, 6.45) is 0.465. The predicted molar refractivity (Wildman–Crippen MR) is 78.7 cm³/mol. The van der Waals surface area contributed by atoms with Gasteiger partial charge in [0, 0.05) is 24.6 Å². The molecule has 3 N–H and O–H groups in total. The Morgan fingerprint density at radius 2 is 2.00 bits per heavy atom. The molecule has 1 rings (SSSR count). The summed E-state index contributed by atoms with van der Waals surface area (Å²) in [4.78, 5) is 22.7. The number of hydrogen-bond donors (Lipinski definition) is 3. The van der Waals surface area contributed by atoms with Gasteiger partial charge in [-0.1, -0.05) is 32.0 Å². The lowest BCUT2D eigenvalue weighted by atomic mass is 10.1. The lowest BCUT2D eigenvalue weighted by Crippen LogP contribution is -2.30. The number of carbonyl (C=O) groups is 2. The van der Waals surface area contributed by atoms with E-state index in [1.807, 2.05) is 32.0 Å². The molecule has 0 aliphatic carbocycles. The zero-order chi connectivity index (χ0) is 15.0. The molecule has 5 heteroatoms. The van der Waals surface area contributed by atoms with Crippen molar-refractivity contribution in [2.75, 3.05) is 18.4 Å². The van der Waals surface area contributed by atoms with Crippen molar-refractivity contribution in [3.63, 3.8) is 0 Å². The van der Waals surface area contributed by atoms with E-state index in [-0.39, 0.29) is 18.2 Å². The van der Waals surface area contributed by atoms with Gasteiger partial charge in [0.25, 0.3) is 0 Å². The summed E-state index contributed by atoms with van der Waals surface area (Å²) in [5, 5.41) is 14.7. The Bertz CT molecular complexity index is 460. The van der Waals surface area contributed by atoms with Gasteiger partial charge < -0.3 is 15.7 Å². The first kappa shape index (κ1) is 16.2. The number of amides is 1. The van der Waals surface area contributed by atoms with Crippen LogP contribution >= 0.6 is 0 Å². The summed E-state index contributed by atoms with van der Waals surface area (Å²) >= 11 is 0. The van der Waals surface area contributed by atoms with Crippen LogP contribution < -0.4 is 10.6 Å². The number of carboxylic acids is 1. The number of aryl methyl sites for hydroxylation is 1. The van der Waals surface area contributed by atoms with Crippen molar-refractivity contribution in [2.24, 2.45) is 5.92 Å². The molecule has 1 aromatic rings. The minimum Gasteiger partial charge on any atom is -0.481 e. The molecule has 0 spiro atoms. The monoisotopic (exact) mass is 278 g/mol. The Morgan fingerprint density at radius 1 is 1.30 bits per heavy atom. The number of rotatable bonds is 8. The van der Waals surface area contributed by atoms with E-state index in [2.05, 4.69) is 10.6 Å². The molecule has 0 saturated heterocycles. The molecular weight excluding hydrogens is 256 g/mol. The van der Waals surface area contributed by atoms with Crippen LogP contribution in [0.2, 0.25) is 0 Å². The van der Waals surface area contributed by atoms with E-state index >= 15 is 0 Å². The zero-order valence-corrected chi connectivity index (χ0v) is 12.0. The van der Waals surface area contributed by atoms with Gasteiger partial charge in [0.1, 0.15) is 0 Å². The smallest absolute Gasteiger partial charge is 0.303 e. The molecule has 0 radical (unpaired) electrons. The first-order valence-electron chi connectivity index (χ1n) is 6.85. The number of carbonyl (C=O) groups excluding carboxylic acids is 1. The third kappa shape index (κ3) is 5.40. The molecule has 0 saturated carbocycles. The van der Waals surface area contributed by atoms with Gasteiger partial charge in [-0.2, -0.15) is 0 Å². The molecule has 0 heterocycles. The summed E-state index contributed by atoms with van der Waals surface area (Å²) < 4.78 is 0. The molecule has 0 bridgehead atoms. The molecule has 5 nitrogen and oxygen atoms in total. The van der Waals surface area contributed by atoms with Crippen LogP contribution in [0.5, 0.6) is 0 Å². The topological polar surface area (TPSA) is 78.4 Å². The van der Waals surface area contributed by atoms with Crippen LogP contribution in [-0.2, 0) is 16.0 Å². The van der Waals surface area contributed by atoms with Gasteiger partial charge in [-0.05, 0) is 24.6 Å². The number of carboxylic acid groups (broad SMARTS) is 1. The lowest BCUT2D eigenvalue weighted by Gasteiger charge is -2.15. The average molecular weight is 278 g/mol. The van der Waals surface area contributed by atoms with Gasteiger partial charge in [0.05, 0.1) is 0 Å². The van der Waals surface area contributed by atoms with Crippen LogP contribution in [0.15, 0.2) is 24.3 Å². The second-order valence-corrected chi connectivity index (χ2v) is 4.75. The van der Waals surface area contributed by atoms with E-state index < -0.39 is 5.97 Å². The Balaban J connectivity index is 2.66. The fraction of sp³-hybridized carbons (Fsp3) is 0.467. The number of nitrogens with one attached hydrogen (secondary N) is 2. The van der Waals surface area contributed by atoms with Crippen molar-refractivity contribution in [1.82, 2.24) is 5.32 Å². The molecular formula is C15H22N2O3. The van der Waals surface area contributed by atoms with Crippen molar-refractivity contribution in [2.45, 2.75) is 26.7 Å². The van der Waals surface area contributed by atoms with Gasteiger partial charge in [0.2, 0.25) is 5.91 Å².